The molecule has 0 N–H and O–H groups in total. The number of rotatable bonds is 8. The molecule has 0 fully saturated rings. The molecule has 0 saturated carbocycles. The Bertz CT molecular complexity index is 821. The lowest BCUT2D eigenvalue weighted by atomic mass is 9.89. The number of ether oxygens (including phenoxy) is 1. The highest BCUT2D eigenvalue weighted by Gasteiger charge is 2.15. The molecule has 0 unspecified atom stereocenters. The van der Waals surface area contributed by atoms with E-state index in [-0.39, 0.29) is 0 Å². The van der Waals surface area contributed by atoms with Crippen molar-refractivity contribution >= 4 is 0 Å². The first-order chi connectivity index (χ1) is 12.8. The van der Waals surface area contributed by atoms with Crippen molar-refractivity contribution in [2.75, 3.05) is 7.11 Å². The van der Waals surface area contributed by atoms with Crippen LogP contribution in [0.5, 0.6) is 5.75 Å². The fraction of sp³-hybridized carbons (Fsp3) is 0.280. The highest BCUT2D eigenvalue weighted by molar-refractivity contribution is 5.88. The van der Waals surface area contributed by atoms with E-state index in [1.165, 1.54) is 53.5 Å². The van der Waals surface area contributed by atoms with Gasteiger partial charge in [0.1, 0.15) is 5.75 Å². The molecule has 3 rings (SSSR count). The Hall–Kier alpha value is -2.54. The lowest BCUT2D eigenvalue weighted by molar-refractivity contribution is 0.416. The SMILES string of the molecule is CCCCCCc1ccccc1-c1c(OC)cccc1-c1ccccc1. The maximum atomic E-state index is 5.76. The zero-order valence-corrected chi connectivity index (χ0v) is 15.9. The molecule has 134 valence electrons. The van der Waals surface area contributed by atoms with Crippen LogP contribution < -0.4 is 4.74 Å². The Morgan fingerprint density at radius 1 is 0.692 bits per heavy atom. The Kier molecular flexibility index (Phi) is 6.49. The van der Waals surface area contributed by atoms with Crippen molar-refractivity contribution in [2.45, 2.75) is 39.0 Å². The molecule has 1 nitrogen and oxygen atoms in total. The van der Waals surface area contributed by atoms with E-state index in [9.17, 15) is 0 Å². The van der Waals surface area contributed by atoms with Crippen molar-refractivity contribution in [1.82, 2.24) is 0 Å². The predicted molar refractivity (Wildman–Crippen MR) is 112 cm³/mol. The van der Waals surface area contributed by atoms with Gasteiger partial charge >= 0.3 is 0 Å². The van der Waals surface area contributed by atoms with Gasteiger partial charge in [-0.3, -0.25) is 0 Å². The summed E-state index contributed by atoms with van der Waals surface area (Å²) in [5, 5.41) is 0. The molecule has 3 aromatic carbocycles. The lowest BCUT2D eigenvalue weighted by Crippen LogP contribution is -1.96. The molecule has 0 heterocycles. The van der Waals surface area contributed by atoms with Crippen molar-refractivity contribution in [3.8, 4) is 28.0 Å². The van der Waals surface area contributed by atoms with Gasteiger partial charge in [-0.15, -0.1) is 0 Å². The zero-order chi connectivity index (χ0) is 18.2. The summed E-state index contributed by atoms with van der Waals surface area (Å²) in [6.45, 7) is 2.26. The number of aryl methyl sites for hydroxylation is 1. The number of hydrogen-bond donors (Lipinski definition) is 0. The van der Waals surface area contributed by atoms with Gasteiger partial charge < -0.3 is 4.74 Å². The van der Waals surface area contributed by atoms with Gasteiger partial charge in [-0.2, -0.15) is 0 Å². The van der Waals surface area contributed by atoms with Crippen molar-refractivity contribution in [2.24, 2.45) is 0 Å². The summed E-state index contributed by atoms with van der Waals surface area (Å²) >= 11 is 0. The molecule has 0 atom stereocenters. The van der Waals surface area contributed by atoms with Crippen LogP contribution in [-0.2, 0) is 6.42 Å². The zero-order valence-electron chi connectivity index (χ0n) is 15.9. The summed E-state index contributed by atoms with van der Waals surface area (Å²) in [6.07, 6.45) is 6.23. The second-order valence-electron chi connectivity index (χ2n) is 6.72. The number of benzene rings is 3. The van der Waals surface area contributed by atoms with Crippen molar-refractivity contribution in [1.29, 1.82) is 0 Å². The smallest absolute Gasteiger partial charge is 0.127 e. The van der Waals surface area contributed by atoms with Crippen LogP contribution >= 0.6 is 0 Å². The minimum absolute atomic E-state index is 0.937. The minimum Gasteiger partial charge on any atom is -0.496 e. The molecular formula is C25H28O. The summed E-state index contributed by atoms with van der Waals surface area (Å²) in [4.78, 5) is 0. The maximum absolute atomic E-state index is 5.76. The maximum Gasteiger partial charge on any atom is 0.127 e. The summed E-state index contributed by atoms with van der Waals surface area (Å²) in [5.41, 5.74) is 6.35. The monoisotopic (exact) mass is 344 g/mol. The fourth-order valence-corrected chi connectivity index (χ4v) is 3.56. The van der Waals surface area contributed by atoms with Crippen LogP contribution in [0.4, 0.5) is 0 Å². The average molecular weight is 344 g/mol. The highest BCUT2D eigenvalue weighted by Crippen LogP contribution is 2.40. The first kappa shape index (κ1) is 18.3. The van der Waals surface area contributed by atoms with E-state index >= 15 is 0 Å². The highest BCUT2D eigenvalue weighted by atomic mass is 16.5. The second kappa shape index (κ2) is 9.24. The molecule has 0 radical (unpaired) electrons. The summed E-state index contributed by atoms with van der Waals surface area (Å²) < 4.78 is 5.76. The minimum atomic E-state index is 0.937. The molecule has 0 spiro atoms. The molecule has 0 aliphatic heterocycles. The third-order valence-electron chi connectivity index (χ3n) is 4.92. The van der Waals surface area contributed by atoms with Crippen molar-refractivity contribution in [3.63, 3.8) is 0 Å². The third-order valence-corrected chi connectivity index (χ3v) is 4.92. The Balaban J connectivity index is 2.06. The van der Waals surface area contributed by atoms with Gasteiger partial charge in [-0.25, -0.2) is 0 Å². The number of hydrogen-bond acceptors (Lipinski definition) is 1. The fourth-order valence-electron chi connectivity index (χ4n) is 3.56. The standard InChI is InChI=1S/C25H28O/c1-3-4-5-7-13-21-16-10-11-17-22(21)25-23(18-12-19-24(25)26-2)20-14-8-6-9-15-20/h6,8-12,14-19H,3-5,7,13H2,1-2H3. The van der Waals surface area contributed by atoms with Crippen LogP contribution in [0.25, 0.3) is 22.3 Å². The Labute approximate surface area is 157 Å². The summed E-state index contributed by atoms with van der Waals surface area (Å²) in [6, 6.07) is 25.7. The average Bonchev–Trinajstić information content (AvgIpc) is 2.71. The van der Waals surface area contributed by atoms with Crippen molar-refractivity contribution < 1.29 is 4.74 Å². The van der Waals surface area contributed by atoms with E-state index in [2.05, 4.69) is 79.7 Å². The van der Waals surface area contributed by atoms with Crippen molar-refractivity contribution in [3.05, 3.63) is 78.4 Å². The predicted octanol–water partition coefficient (Wildman–Crippen LogP) is 7.15. The van der Waals surface area contributed by atoms with Gasteiger partial charge in [-0.05, 0) is 41.2 Å². The molecule has 0 aromatic heterocycles. The Morgan fingerprint density at radius 3 is 2.19 bits per heavy atom. The number of methoxy groups -OCH3 is 1. The molecule has 26 heavy (non-hydrogen) atoms. The van der Waals surface area contributed by atoms with Gasteiger partial charge in [-0.1, -0.05) is 92.9 Å². The topological polar surface area (TPSA) is 9.23 Å². The van der Waals surface area contributed by atoms with E-state index in [4.69, 9.17) is 4.74 Å². The number of unbranched alkanes of at least 4 members (excludes halogenated alkanes) is 3. The van der Waals surface area contributed by atoms with Crippen LogP contribution in [0.1, 0.15) is 38.2 Å². The van der Waals surface area contributed by atoms with Crippen LogP contribution in [0.2, 0.25) is 0 Å². The second-order valence-corrected chi connectivity index (χ2v) is 6.72. The van der Waals surface area contributed by atoms with E-state index in [1.807, 2.05) is 0 Å². The van der Waals surface area contributed by atoms with Gasteiger partial charge in [0.05, 0.1) is 7.11 Å². The van der Waals surface area contributed by atoms with Gasteiger partial charge in [0.15, 0.2) is 0 Å². The summed E-state index contributed by atoms with van der Waals surface area (Å²) in [7, 11) is 1.76. The molecule has 0 amide bonds. The summed E-state index contributed by atoms with van der Waals surface area (Å²) in [5.74, 6) is 0.937. The van der Waals surface area contributed by atoms with E-state index in [0.29, 0.717) is 0 Å². The molecule has 1 heteroatoms. The Morgan fingerprint density at radius 2 is 1.42 bits per heavy atom. The molecule has 0 aliphatic rings. The van der Waals surface area contributed by atoms with Gasteiger partial charge in [0.2, 0.25) is 0 Å². The van der Waals surface area contributed by atoms with Crippen LogP contribution in [-0.4, -0.2) is 7.11 Å². The normalized spacial score (nSPS) is 10.7. The first-order valence-corrected chi connectivity index (χ1v) is 9.66. The first-order valence-electron chi connectivity index (χ1n) is 9.66. The van der Waals surface area contributed by atoms with E-state index in [0.717, 1.165) is 12.2 Å². The quantitative estimate of drug-likeness (QED) is 0.394. The molecule has 3 aromatic rings. The van der Waals surface area contributed by atoms with Gasteiger partial charge in [0, 0.05) is 5.56 Å². The lowest BCUT2D eigenvalue weighted by Gasteiger charge is -2.17. The van der Waals surface area contributed by atoms with Gasteiger partial charge in [0.25, 0.3) is 0 Å². The molecule has 0 bridgehead atoms. The third kappa shape index (κ3) is 4.16. The molecule has 0 aliphatic carbocycles. The van der Waals surface area contributed by atoms with Crippen LogP contribution in [0, 0.1) is 0 Å². The van der Waals surface area contributed by atoms with E-state index in [1.54, 1.807) is 7.11 Å². The molecular weight excluding hydrogens is 316 g/mol. The van der Waals surface area contributed by atoms with Crippen LogP contribution in [0.3, 0.4) is 0 Å². The molecule has 0 saturated heterocycles. The van der Waals surface area contributed by atoms with Crippen LogP contribution in [0.15, 0.2) is 72.8 Å². The van der Waals surface area contributed by atoms with E-state index < -0.39 is 0 Å². The largest absolute Gasteiger partial charge is 0.496 e.